The van der Waals surface area contributed by atoms with Crippen molar-refractivity contribution in [1.82, 2.24) is 15.1 Å². The van der Waals surface area contributed by atoms with Crippen molar-refractivity contribution in [2.45, 2.75) is 51.1 Å². The molecule has 2 aliphatic heterocycles. The van der Waals surface area contributed by atoms with Crippen molar-refractivity contribution in [2.24, 2.45) is 0 Å². The number of allylic oxidation sites excluding steroid dienone is 1. The number of rotatable bonds is 4. The van der Waals surface area contributed by atoms with Gasteiger partial charge in [-0.3, -0.25) is 4.68 Å². The monoisotopic (exact) mass is 430 g/mol. The Morgan fingerprint density at radius 1 is 1.16 bits per heavy atom. The number of piperidine rings is 1. The molecule has 1 aromatic heterocycles. The fraction of sp³-hybridized carbons (Fsp3) is 0.370. The minimum atomic E-state index is -0.192. The highest BCUT2D eigenvalue weighted by molar-refractivity contribution is 5.74. The lowest BCUT2D eigenvalue weighted by molar-refractivity contribution is 0.377. The van der Waals surface area contributed by atoms with Crippen molar-refractivity contribution in [1.29, 1.82) is 0 Å². The molecule has 0 bridgehead atoms. The van der Waals surface area contributed by atoms with Crippen LogP contribution in [0.2, 0.25) is 0 Å². The molecule has 4 nitrogen and oxygen atoms in total. The number of halogens is 1. The first-order chi connectivity index (χ1) is 15.5. The maximum Gasteiger partial charge on any atom is 0.123 e. The van der Waals surface area contributed by atoms with Crippen molar-refractivity contribution < 1.29 is 4.39 Å². The first kappa shape index (κ1) is 20.8. The third-order valence-electron chi connectivity index (χ3n) is 7.18. The molecule has 2 atom stereocenters. The number of hydrogen-bond acceptors (Lipinski definition) is 3. The van der Waals surface area contributed by atoms with E-state index in [1.54, 1.807) is 12.1 Å². The highest BCUT2D eigenvalue weighted by atomic mass is 19.1. The van der Waals surface area contributed by atoms with E-state index in [-0.39, 0.29) is 5.82 Å². The lowest BCUT2D eigenvalue weighted by atomic mass is 9.86. The highest BCUT2D eigenvalue weighted by Gasteiger charge is 2.25. The summed E-state index contributed by atoms with van der Waals surface area (Å²) >= 11 is 0. The molecule has 2 aliphatic rings. The summed E-state index contributed by atoms with van der Waals surface area (Å²) in [5.74, 6) is -0.192. The van der Waals surface area contributed by atoms with E-state index in [0.717, 1.165) is 55.5 Å². The Labute approximate surface area is 189 Å². The molecular formula is C27H31FN4. The van der Waals surface area contributed by atoms with E-state index in [1.807, 2.05) is 18.3 Å². The van der Waals surface area contributed by atoms with Gasteiger partial charge in [-0.25, -0.2) is 4.39 Å². The second kappa shape index (κ2) is 8.45. The van der Waals surface area contributed by atoms with Crippen LogP contribution in [0.4, 0.5) is 10.1 Å². The summed E-state index contributed by atoms with van der Waals surface area (Å²) in [6, 6.07) is 12.3. The molecular weight excluding hydrogens is 399 g/mol. The van der Waals surface area contributed by atoms with Gasteiger partial charge < -0.3 is 10.2 Å². The third kappa shape index (κ3) is 3.92. The van der Waals surface area contributed by atoms with Crippen LogP contribution in [0.25, 0.3) is 11.1 Å². The van der Waals surface area contributed by atoms with Crippen molar-refractivity contribution in [2.75, 3.05) is 18.5 Å². The predicted molar refractivity (Wildman–Crippen MR) is 128 cm³/mol. The Balaban J connectivity index is 1.56. The number of anilines is 1. The van der Waals surface area contributed by atoms with Gasteiger partial charge in [0.2, 0.25) is 0 Å². The normalized spacial score (nSPS) is 20.7. The van der Waals surface area contributed by atoms with Crippen LogP contribution >= 0.6 is 0 Å². The van der Waals surface area contributed by atoms with Crippen molar-refractivity contribution in [3.8, 4) is 11.1 Å². The topological polar surface area (TPSA) is 33.1 Å². The van der Waals surface area contributed by atoms with Crippen LogP contribution in [-0.2, 0) is 12.8 Å². The maximum atomic E-state index is 13.5. The summed E-state index contributed by atoms with van der Waals surface area (Å²) in [6.45, 7) is 7.33. The van der Waals surface area contributed by atoms with Crippen molar-refractivity contribution >= 4 is 5.69 Å². The van der Waals surface area contributed by atoms with Crippen LogP contribution < -0.4 is 10.2 Å². The van der Waals surface area contributed by atoms with Gasteiger partial charge in [-0.2, -0.15) is 5.10 Å². The quantitative estimate of drug-likeness (QED) is 0.594. The molecule has 0 saturated carbocycles. The van der Waals surface area contributed by atoms with Gasteiger partial charge in [-0.1, -0.05) is 24.8 Å². The SMILES string of the molecule is C=C1CC(n2cc(-c3ccc4c(c3Cc3ccc(F)cc3)CCC(C)N4C)cn2)CCN1. The zero-order chi connectivity index (χ0) is 22.2. The molecule has 2 aromatic carbocycles. The Bertz CT molecular complexity index is 1130. The van der Waals surface area contributed by atoms with Crippen LogP contribution in [0.5, 0.6) is 0 Å². The average molecular weight is 431 g/mol. The standard InChI is InChI=1S/C27H31FN4/c1-18-14-23(12-13-29-18)32-17-21(16-30-32)24-10-11-27-25(9-4-19(2)31(27)3)26(24)15-20-5-7-22(28)8-6-20/h5-8,10-11,16-17,19,23,29H,1,4,9,12-15H2,2-3H3. The summed E-state index contributed by atoms with van der Waals surface area (Å²) in [6.07, 6.45) is 9.14. The minimum Gasteiger partial charge on any atom is -0.389 e. The predicted octanol–water partition coefficient (Wildman–Crippen LogP) is 5.49. The zero-order valence-electron chi connectivity index (χ0n) is 18.9. The number of aromatic nitrogens is 2. The van der Waals surface area contributed by atoms with E-state index in [2.05, 4.69) is 53.8 Å². The number of hydrogen-bond donors (Lipinski definition) is 1. The molecule has 5 rings (SSSR count). The van der Waals surface area contributed by atoms with E-state index >= 15 is 0 Å². The van der Waals surface area contributed by atoms with Crippen LogP contribution in [0, 0.1) is 5.82 Å². The summed E-state index contributed by atoms with van der Waals surface area (Å²) in [4.78, 5) is 2.39. The molecule has 166 valence electrons. The Morgan fingerprint density at radius 3 is 2.75 bits per heavy atom. The van der Waals surface area contributed by atoms with Crippen LogP contribution in [0.1, 0.15) is 48.9 Å². The Kier molecular flexibility index (Phi) is 5.50. The smallest absolute Gasteiger partial charge is 0.123 e. The average Bonchev–Trinajstić information content (AvgIpc) is 3.28. The second-order valence-electron chi connectivity index (χ2n) is 9.28. The molecule has 0 amide bonds. The molecule has 32 heavy (non-hydrogen) atoms. The number of nitrogens with one attached hydrogen (secondary N) is 1. The van der Waals surface area contributed by atoms with Gasteiger partial charge in [0.15, 0.2) is 0 Å². The van der Waals surface area contributed by atoms with Gasteiger partial charge in [0.05, 0.1) is 12.2 Å². The third-order valence-corrected chi connectivity index (χ3v) is 7.18. The minimum absolute atomic E-state index is 0.192. The molecule has 1 saturated heterocycles. The fourth-order valence-electron chi connectivity index (χ4n) is 5.13. The van der Waals surface area contributed by atoms with Crippen LogP contribution in [0.15, 0.2) is 61.1 Å². The van der Waals surface area contributed by atoms with Gasteiger partial charge in [0.1, 0.15) is 5.82 Å². The second-order valence-corrected chi connectivity index (χ2v) is 9.28. The Morgan fingerprint density at radius 2 is 1.97 bits per heavy atom. The highest BCUT2D eigenvalue weighted by Crippen LogP contribution is 2.39. The molecule has 2 unspecified atom stereocenters. The summed E-state index contributed by atoms with van der Waals surface area (Å²) in [5, 5.41) is 8.07. The van der Waals surface area contributed by atoms with Crippen LogP contribution in [0.3, 0.4) is 0 Å². The molecule has 5 heteroatoms. The lowest BCUT2D eigenvalue weighted by Crippen LogP contribution is -2.34. The Hall–Kier alpha value is -3.08. The molecule has 1 fully saturated rings. The van der Waals surface area contributed by atoms with E-state index < -0.39 is 0 Å². The van der Waals surface area contributed by atoms with E-state index in [4.69, 9.17) is 5.10 Å². The maximum absolute atomic E-state index is 13.5. The van der Waals surface area contributed by atoms with Gasteiger partial charge in [0.25, 0.3) is 0 Å². The first-order valence-corrected chi connectivity index (χ1v) is 11.6. The van der Waals surface area contributed by atoms with Gasteiger partial charge in [-0.15, -0.1) is 0 Å². The molecule has 3 aromatic rings. The zero-order valence-corrected chi connectivity index (χ0v) is 18.9. The van der Waals surface area contributed by atoms with Crippen molar-refractivity contribution in [3.05, 3.63) is 83.6 Å². The van der Waals surface area contributed by atoms with E-state index in [9.17, 15) is 4.39 Å². The number of nitrogens with zero attached hydrogens (tertiary/aromatic N) is 3. The summed E-state index contributed by atoms with van der Waals surface area (Å²) < 4.78 is 15.6. The van der Waals surface area contributed by atoms with E-state index in [0.29, 0.717) is 12.1 Å². The molecule has 1 N–H and O–H groups in total. The molecule has 0 spiro atoms. The van der Waals surface area contributed by atoms with Gasteiger partial charge >= 0.3 is 0 Å². The largest absolute Gasteiger partial charge is 0.389 e. The number of benzene rings is 2. The summed E-state index contributed by atoms with van der Waals surface area (Å²) in [5.41, 5.74) is 8.65. The first-order valence-electron chi connectivity index (χ1n) is 11.6. The molecule has 0 radical (unpaired) electrons. The van der Waals surface area contributed by atoms with Gasteiger partial charge in [-0.05, 0) is 73.1 Å². The fourth-order valence-corrected chi connectivity index (χ4v) is 5.13. The molecule has 0 aliphatic carbocycles. The number of fused-ring (bicyclic) bond motifs is 1. The lowest BCUT2D eigenvalue weighted by Gasteiger charge is -2.35. The summed E-state index contributed by atoms with van der Waals surface area (Å²) in [7, 11) is 2.19. The van der Waals surface area contributed by atoms with Crippen molar-refractivity contribution in [3.63, 3.8) is 0 Å². The van der Waals surface area contributed by atoms with Gasteiger partial charge in [0, 0.05) is 49.2 Å². The molecule has 3 heterocycles. The van der Waals surface area contributed by atoms with E-state index in [1.165, 1.54) is 22.4 Å². The van der Waals surface area contributed by atoms with Crippen LogP contribution in [-0.4, -0.2) is 29.4 Å².